The smallest absolute Gasteiger partial charge is 0.387 e. The van der Waals surface area contributed by atoms with Crippen LogP contribution in [0.5, 0.6) is 11.5 Å². The molecule has 1 fully saturated rings. The Morgan fingerprint density at radius 2 is 1.93 bits per heavy atom. The summed E-state index contributed by atoms with van der Waals surface area (Å²) < 4.78 is 36.5. The molecule has 0 radical (unpaired) electrons. The molecule has 3 rings (SSSR count). The lowest BCUT2D eigenvalue weighted by molar-refractivity contribution is -0.885. The van der Waals surface area contributed by atoms with E-state index < -0.39 is 12.5 Å². The number of anilines is 1. The molecule has 28 heavy (non-hydrogen) atoms. The van der Waals surface area contributed by atoms with Crippen LogP contribution < -0.4 is 24.4 Å². The summed E-state index contributed by atoms with van der Waals surface area (Å²) in [6.45, 7) is -2.63. The molecule has 150 valence electrons. The summed E-state index contributed by atoms with van der Waals surface area (Å²) in [4.78, 5) is 17.6. The number of amides is 1. The van der Waals surface area contributed by atoms with Crippen LogP contribution in [-0.2, 0) is 0 Å². The number of ether oxygens (including phenoxy) is 2. The molecule has 0 atom stereocenters. The molecule has 0 bridgehead atoms. The van der Waals surface area contributed by atoms with Crippen molar-refractivity contribution < 1.29 is 32.6 Å². The normalized spacial score (nSPS) is 13.4. The number of nitrogens with one attached hydrogen (secondary N) is 1. The van der Waals surface area contributed by atoms with Crippen LogP contribution in [0.4, 0.5) is 14.5 Å². The van der Waals surface area contributed by atoms with E-state index in [-0.39, 0.29) is 32.8 Å². The van der Waals surface area contributed by atoms with E-state index in [0.717, 1.165) is 12.8 Å². The Kier molecular flexibility index (Phi) is 6.41. The third-order valence-electron chi connectivity index (χ3n) is 4.00. The van der Waals surface area contributed by atoms with Gasteiger partial charge >= 0.3 is 6.61 Å². The Labute approximate surface area is 169 Å². The fraction of sp³-hybridized carbons (Fsp3) is 0.333. The number of benzene rings is 1. The number of aromatic nitrogens is 1. The summed E-state index contributed by atoms with van der Waals surface area (Å²) >= 11 is 12.2. The van der Waals surface area contributed by atoms with Crippen LogP contribution in [-0.4, -0.2) is 26.2 Å². The Balaban J connectivity index is 1.81. The van der Waals surface area contributed by atoms with Gasteiger partial charge < -0.3 is 14.8 Å². The predicted octanol–water partition coefficient (Wildman–Crippen LogP) is 3.98. The van der Waals surface area contributed by atoms with Crippen molar-refractivity contribution in [3.05, 3.63) is 46.2 Å². The molecule has 1 aliphatic rings. The molecule has 1 saturated carbocycles. The molecule has 6 nitrogen and oxygen atoms in total. The van der Waals surface area contributed by atoms with E-state index in [1.54, 1.807) is 0 Å². The first kappa shape index (κ1) is 20.4. The maximum atomic E-state index is 12.6. The average molecular weight is 434 g/mol. The van der Waals surface area contributed by atoms with Gasteiger partial charge in [0, 0.05) is 10.3 Å². The van der Waals surface area contributed by atoms with Crippen molar-refractivity contribution in [2.75, 3.05) is 19.0 Å². The molecule has 2 aromatic rings. The zero-order valence-corrected chi connectivity index (χ0v) is 16.3. The van der Waals surface area contributed by atoms with Crippen molar-refractivity contribution in [1.82, 2.24) is 0 Å². The average Bonchev–Trinajstić information content (AvgIpc) is 3.47. The van der Waals surface area contributed by atoms with Crippen LogP contribution in [0.15, 0.2) is 30.6 Å². The molecule has 1 aliphatic carbocycles. The van der Waals surface area contributed by atoms with Gasteiger partial charge in [0.15, 0.2) is 11.5 Å². The van der Waals surface area contributed by atoms with Gasteiger partial charge in [0.1, 0.15) is 17.2 Å². The number of carbonyl (C=O) groups excluding carboxylic acids is 1. The topological polar surface area (TPSA) is 60.7 Å². The number of pyridine rings is 1. The first-order chi connectivity index (χ1) is 13.4. The zero-order chi connectivity index (χ0) is 20.3. The molecule has 1 amide bonds. The summed E-state index contributed by atoms with van der Waals surface area (Å²) in [6.07, 6.45) is 4.90. The van der Waals surface area contributed by atoms with E-state index in [9.17, 15) is 13.6 Å². The molecule has 1 aromatic carbocycles. The Morgan fingerprint density at radius 1 is 1.25 bits per heavy atom. The fourth-order valence-electron chi connectivity index (χ4n) is 2.36. The highest BCUT2D eigenvalue weighted by molar-refractivity contribution is 6.39. The van der Waals surface area contributed by atoms with Crippen molar-refractivity contribution in [3.8, 4) is 11.5 Å². The van der Waals surface area contributed by atoms with E-state index >= 15 is 0 Å². The lowest BCUT2D eigenvalue weighted by atomic mass is 10.2. The molecule has 0 aliphatic heterocycles. The molecule has 0 spiro atoms. The number of halogens is 4. The Morgan fingerprint density at radius 3 is 2.50 bits per heavy atom. The van der Waals surface area contributed by atoms with E-state index in [1.807, 2.05) is 0 Å². The summed E-state index contributed by atoms with van der Waals surface area (Å²) in [7, 11) is 1.43. The van der Waals surface area contributed by atoms with Crippen molar-refractivity contribution >= 4 is 34.8 Å². The van der Waals surface area contributed by atoms with E-state index in [1.165, 1.54) is 42.4 Å². The van der Waals surface area contributed by atoms with Crippen LogP contribution in [0.2, 0.25) is 10.0 Å². The third-order valence-corrected chi connectivity index (χ3v) is 4.57. The Bertz CT molecular complexity index is 856. The minimum atomic E-state index is -3.00. The lowest BCUT2D eigenvalue weighted by Gasteiger charge is -2.14. The van der Waals surface area contributed by atoms with Gasteiger partial charge in [0.25, 0.3) is 5.91 Å². The van der Waals surface area contributed by atoms with Gasteiger partial charge in [-0.05, 0) is 37.0 Å². The third kappa shape index (κ3) is 5.14. The van der Waals surface area contributed by atoms with E-state index in [2.05, 4.69) is 10.1 Å². The number of carbonyl (C=O) groups is 1. The second-order valence-electron chi connectivity index (χ2n) is 6.12. The number of rotatable bonds is 8. The highest BCUT2D eigenvalue weighted by Gasteiger charge is 2.24. The number of hydrogen-bond acceptors (Lipinski definition) is 4. The quantitative estimate of drug-likeness (QED) is 0.639. The van der Waals surface area contributed by atoms with Crippen LogP contribution in [0.3, 0.4) is 0 Å². The second kappa shape index (κ2) is 8.79. The molecule has 1 aromatic heterocycles. The molecule has 1 N–H and O–H groups in total. The molecule has 1 heterocycles. The molecule has 10 heteroatoms. The highest BCUT2D eigenvalue weighted by Crippen LogP contribution is 2.35. The molecular formula is C18H17Cl2F2N2O4+. The van der Waals surface area contributed by atoms with Crippen LogP contribution in [0, 0.1) is 5.92 Å². The molecular weight excluding hydrogens is 417 g/mol. The monoisotopic (exact) mass is 433 g/mol. The maximum Gasteiger partial charge on any atom is 0.387 e. The number of nitrogens with zero attached hydrogens (tertiary/aromatic N) is 1. The van der Waals surface area contributed by atoms with E-state index in [0.29, 0.717) is 12.5 Å². The van der Waals surface area contributed by atoms with E-state index in [4.69, 9.17) is 32.8 Å². The van der Waals surface area contributed by atoms with Crippen molar-refractivity contribution in [3.63, 3.8) is 0 Å². The van der Waals surface area contributed by atoms with Gasteiger partial charge in [-0.1, -0.05) is 23.2 Å². The SMILES string of the molecule is CO[n+]1cc(Cl)c(NC(=O)c2ccc(OC(F)F)c(OCC3CC3)c2)c(Cl)c1. The zero-order valence-electron chi connectivity index (χ0n) is 14.8. The minimum Gasteiger partial charge on any atom is -0.489 e. The summed E-state index contributed by atoms with van der Waals surface area (Å²) in [5.41, 5.74) is 0.359. The second-order valence-corrected chi connectivity index (χ2v) is 6.93. The summed E-state index contributed by atoms with van der Waals surface area (Å²) in [6, 6.07) is 3.95. The van der Waals surface area contributed by atoms with Crippen molar-refractivity contribution in [1.29, 1.82) is 0 Å². The first-order valence-corrected chi connectivity index (χ1v) is 9.10. The highest BCUT2D eigenvalue weighted by atomic mass is 35.5. The van der Waals surface area contributed by atoms with Crippen molar-refractivity contribution in [2.24, 2.45) is 5.92 Å². The molecule has 0 saturated heterocycles. The summed E-state index contributed by atoms with van der Waals surface area (Å²) in [5, 5.41) is 2.91. The van der Waals surface area contributed by atoms with Crippen LogP contribution in [0.1, 0.15) is 23.2 Å². The minimum absolute atomic E-state index is 0.0716. The first-order valence-electron chi connectivity index (χ1n) is 8.35. The van der Waals surface area contributed by atoms with Crippen LogP contribution >= 0.6 is 23.2 Å². The van der Waals surface area contributed by atoms with Gasteiger partial charge in [-0.15, -0.1) is 0 Å². The number of alkyl halides is 2. The predicted molar refractivity (Wildman–Crippen MR) is 98.4 cm³/mol. The van der Waals surface area contributed by atoms with Crippen molar-refractivity contribution in [2.45, 2.75) is 19.5 Å². The molecule has 0 unspecified atom stereocenters. The standard InChI is InChI=1S/C18H16Cl2F2N2O4/c1-26-24-7-12(19)16(13(20)8-24)23-17(25)11-4-5-14(28-18(21)22)15(6-11)27-9-10-2-3-10/h4-8,10,18H,2-3,9H2,1H3/p+1. The van der Waals surface area contributed by atoms with Gasteiger partial charge in [-0.3, -0.25) is 9.63 Å². The van der Waals surface area contributed by atoms with Crippen LogP contribution in [0.25, 0.3) is 0 Å². The summed E-state index contributed by atoms with van der Waals surface area (Å²) in [5.74, 6) is -0.212. The van der Waals surface area contributed by atoms with Gasteiger partial charge in [0.05, 0.1) is 12.3 Å². The number of hydrogen-bond donors (Lipinski definition) is 1. The fourth-order valence-corrected chi connectivity index (χ4v) is 2.90. The van der Waals surface area contributed by atoms with Gasteiger partial charge in [-0.2, -0.15) is 8.78 Å². The lowest BCUT2D eigenvalue weighted by Crippen LogP contribution is -2.40. The maximum absolute atomic E-state index is 12.6. The van der Waals surface area contributed by atoms with Gasteiger partial charge in [0.2, 0.25) is 12.4 Å². The largest absolute Gasteiger partial charge is 0.489 e. The Hall–Kier alpha value is -2.32. The van der Waals surface area contributed by atoms with Gasteiger partial charge in [-0.25, -0.2) is 0 Å².